The van der Waals surface area contributed by atoms with Gasteiger partial charge in [0.25, 0.3) is 0 Å². The molecule has 2 atom stereocenters. The van der Waals surface area contributed by atoms with Gasteiger partial charge >= 0.3 is 5.97 Å². The number of rotatable bonds is 15. The van der Waals surface area contributed by atoms with Crippen molar-refractivity contribution >= 4 is 23.7 Å². The Bertz CT molecular complexity index is 1600. The number of aromatic nitrogens is 1. The van der Waals surface area contributed by atoms with Crippen molar-refractivity contribution in [3.8, 4) is 11.1 Å². The van der Waals surface area contributed by atoms with Crippen LogP contribution in [-0.2, 0) is 25.7 Å². The van der Waals surface area contributed by atoms with E-state index in [2.05, 4.69) is 10.6 Å². The SMILES string of the molecule is CC(C)(C(=O)O)C(=O)NCCNC(=O)C(N)CCN(C(=O)CO)C(c1cc(-c2cc(F)ccc2F)cn1Cc1ccccc1)C(C)(C)C. The summed E-state index contributed by atoms with van der Waals surface area (Å²) in [5, 5.41) is 24.2. The molecule has 13 heteroatoms. The lowest BCUT2D eigenvalue weighted by Gasteiger charge is -2.41. The lowest BCUT2D eigenvalue weighted by atomic mass is 9.82. The van der Waals surface area contributed by atoms with E-state index in [0.717, 1.165) is 23.8 Å². The number of benzene rings is 2. The summed E-state index contributed by atoms with van der Waals surface area (Å²) in [6.45, 7) is 7.73. The summed E-state index contributed by atoms with van der Waals surface area (Å²) in [6, 6.07) is 12.6. The van der Waals surface area contributed by atoms with Gasteiger partial charge in [-0.1, -0.05) is 51.1 Å². The van der Waals surface area contributed by atoms with E-state index in [4.69, 9.17) is 5.73 Å². The summed E-state index contributed by atoms with van der Waals surface area (Å²) in [7, 11) is 0. The number of nitrogens with zero attached hydrogens (tertiary/aromatic N) is 2. The minimum absolute atomic E-state index is 0.00728. The van der Waals surface area contributed by atoms with Crippen LogP contribution in [0.5, 0.6) is 0 Å². The average Bonchev–Trinajstić information content (AvgIpc) is 3.43. The molecule has 0 fully saturated rings. The van der Waals surface area contributed by atoms with Crippen molar-refractivity contribution in [2.24, 2.45) is 16.6 Å². The highest BCUT2D eigenvalue weighted by molar-refractivity contribution is 6.00. The number of carbonyl (C=O) groups is 4. The maximum Gasteiger partial charge on any atom is 0.318 e. The van der Waals surface area contributed by atoms with E-state index in [1.807, 2.05) is 55.7 Å². The molecular formula is C35H45F2N5O6. The number of hydrogen-bond donors (Lipinski definition) is 5. The maximum atomic E-state index is 15.0. The second-order valence-corrected chi connectivity index (χ2v) is 13.3. The second kappa shape index (κ2) is 16.0. The number of carboxylic acid groups (broad SMARTS) is 1. The first-order valence-electron chi connectivity index (χ1n) is 15.6. The van der Waals surface area contributed by atoms with E-state index in [1.54, 1.807) is 12.3 Å². The number of nitrogens with two attached hydrogens (primary N) is 1. The number of nitrogens with one attached hydrogen (secondary N) is 2. The third-order valence-corrected chi connectivity index (χ3v) is 8.06. The van der Waals surface area contributed by atoms with Crippen LogP contribution in [0.2, 0.25) is 0 Å². The van der Waals surface area contributed by atoms with Crippen molar-refractivity contribution < 1.29 is 38.2 Å². The predicted octanol–water partition coefficient (Wildman–Crippen LogP) is 3.45. The Kier molecular flexibility index (Phi) is 12.6. The zero-order chi connectivity index (χ0) is 35.8. The molecule has 11 nitrogen and oxygen atoms in total. The molecule has 6 N–H and O–H groups in total. The summed E-state index contributed by atoms with van der Waals surface area (Å²) in [5.74, 6) is -4.38. The van der Waals surface area contributed by atoms with Crippen molar-refractivity contribution in [2.45, 2.75) is 59.7 Å². The van der Waals surface area contributed by atoms with Gasteiger partial charge in [-0.3, -0.25) is 19.2 Å². The fourth-order valence-corrected chi connectivity index (χ4v) is 5.32. The third-order valence-electron chi connectivity index (χ3n) is 8.06. The lowest BCUT2D eigenvalue weighted by Crippen LogP contribution is -2.49. The van der Waals surface area contributed by atoms with Gasteiger partial charge < -0.3 is 36.0 Å². The zero-order valence-corrected chi connectivity index (χ0v) is 27.9. The Morgan fingerprint density at radius 1 is 0.958 bits per heavy atom. The van der Waals surface area contributed by atoms with Crippen molar-refractivity contribution in [3.05, 3.63) is 83.7 Å². The Morgan fingerprint density at radius 2 is 1.60 bits per heavy atom. The monoisotopic (exact) mass is 669 g/mol. The fourth-order valence-electron chi connectivity index (χ4n) is 5.32. The molecular weight excluding hydrogens is 624 g/mol. The Labute approximate surface area is 279 Å². The molecule has 3 aromatic rings. The summed E-state index contributed by atoms with van der Waals surface area (Å²) in [6.07, 6.45) is 1.71. The maximum absolute atomic E-state index is 15.0. The number of amides is 3. The van der Waals surface area contributed by atoms with Crippen molar-refractivity contribution in [2.75, 3.05) is 26.2 Å². The normalized spacial score (nSPS) is 13.0. The first-order chi connectivity index (χ1) is 22.5. The van der Waals surface area contributed by atoms with Crippen molar-refractivity contribution in [3.63, 3.8) is 0 Å². The van der Waals surface area contributed by atoms with Gasteiger partial charge in [0.2, 0.25) is 17.7 Å². The molecule has 0 spiro atoms. The smallest absolute Gasteiger partial charge is 0.318 e. The molecule has 0 aliphatic rings. The molecule has 3 rings (SSSR count). The van der Waals surface area contributed by atoms with Gasteiger partial charge in [-0.15, -0.1) is 0 Å². The van der Waals surface area contributed by atoms with Crippen LogP contribution in [-0.4, -0.2) is 75.7 Å². The summed E-state index contributed by atoms with van der Waals surface area (Å²) in [4.78, 5) is 51.0. The van der Waals surface area contributed by atoms with Gasteiger partial charge in [-0.05, 0) is 55.5 Å². The minimum Gasteiger partial charge on any atom is -0.480 e. The van der Waals surface area contributed by atoms with E-state index in [-0.39, 0.29) is 31.6 Å². The van der Waals surface area contributed by atoms with Gasteiger partial charge in [0, 0.05) is 49.2 Å². The summed E-state index contributed by atoms with van der Waals surface area (Å²) >= 11 is 0. The highest BCUT2D eigenvalue weighted by Gasteiger charge is 2.38. The van der Waals surface area contributed by atoms with Crippen LogP contribution >= 0.6 is 0 Å². The molecule has 0 aliphatic heterocycles. The van der Waals surface area contributed by atoms with E-state index >= 15 is 0 Å². The molecule has 3 amide bonds. The number of aliphatic carboxylic acids is 1. The van der Waals surface area contributed by atoms with Gasteiger partial charge in [0.15, 0.2) is 0 Å². The standard InChI is InChI=1S/C35H45F2N5O6/c1-34(2,3)30(28-17-23(25-18-24(36)11-12-26(25)37)20-41(28)19-22-9-7-6-8-10-22)42(29(44)21-43)16-13-27(38)31(45)39-14-15-40-32(46)35(4,5)33(47)48/h6-12,17-18,20,27,30,43H,13-16,19,21,38H2,1-5H3,(H,39,45)(H,40,46)(H,47,48). The van der Waals surface area contributed by atoms with Gasteiger partial charge in [-0.25, -0.2) is 8.78 Å². The highest BCUT2D eigenvalue weighted by Crippen LogP contribution is 2.41. The topological polar surface area (TPSA) is 167 Å². The third kappa shape index (κ3) is 9.48. The molecule has 1 heterocycles. The van der Waals surface area contributed by atoms with E-state index < -0.39 is 64.8 Å². The largest absolute Gasteiger partial charge is 0.480 e. The number of aliphatic hydroxyl groups is 1. The highest BCUT2D eigenvalue weighted by atomic mass is 19.1. The number of carboxylic acids is 1. The molecule has 2 unspecified atom stereocenters. The molecule has 0 radical (unpaired) electrons. The summed E-state index contributed by atoms with van der Waals surface area (Å²) in [5.41, 5.74) is 5.88. The Balaban J connectivity index is 1.88. The second-order valence-electron chi connectivity index (χ2n) is 13.3. The molecule has 48 heavy (non-hydrogen) atoms. The molecule has 0 saturated heterocycles. The van der Waals surface area contributed by atoms with Crippen LogP contribution in [0.25, 0.3) is 11.1 Å². The number of aliphatic hydroxyl groups excluding tert-OH is 1. The average molecular weight is 670 g/mol. The zero-order valence-electron chi connectivity index (χ0n) is 27.9. The number of hydrogen-bond acceptors (Lipinski definition) is 6. The van der Waals surface area contributed by atoms with Crippen LogP contribution in [0.15, 0.2) is 60.8 Å². The van der Waals surface area contributed by atoms with Crippen molar-refractivity contribution in [1.82, 2.24) is 20.1 Å². The van der Waals surface area contributed by atoms with Crippen molar-refractivity contribution in [1.29, 1.82) is 0 Å². The Morgan fingerprint density at radius 3 is 2.21 bits per heavy atom. The van der Waals surface area contributed by atoms with E-state index in [9.17, 15) is 38.2 Å². The molecule has 260 valence electrons. The molecule has 1 aromatic heterocycles. The lowest BCUT2D eigenvalue weighted by molar-refractivity contribution is -0.153. The van der Waals surface area contributed by atoms with Gasteiger partial charge in [0.1, 0.15) is 23.7 Å². The molecule has 0 aliphatic carbocycles. The summed E-state index contributed by atoms with van der Waals surface area (Å²) < 4.78 is 31.0. The fraction of sp³-hybridized carbons (Fsp3) is 0.429. The number of carbonyl (C=O) groups excluding carboxylic acids is 3. The quantitative estimate of drug-likeness (QED) is 0.122. The predicted molar refractivity (Wildman–Crippen MR) is 176 cm³/mol. The van der Waals surface area contributed by atoms with Gasteiger partial charge in [0.05, 0.1) is 12.1 Å². The number of halogens is 2. The first kappa shape index (κ1) is 37.8. The minimum atomic E-state index is -1.64. The van der Waals surface area contributed by atoms with Gasteiger partial charge in [-0.2, -0.15) is 0 Å². The van der Waals surface area contributed by atoms with Crippen LogP contribution in [0.3, 0.4) is 0 Å². The Hall–Kier alpha value is -4.62. The van der Waals surface area contributed by atoms with Crippen LogP contribution in [0.4, 0.5) is 8.78 Å². The molecule has 2 aromatic carbocycles. The van der Waals surface area contributed by atoms with E-state index in [0.29, 0.717) is 17.8 Å². The first-order valence-corrected chi connectivity index (χ1v) is 15.6. The molecule has 0 bridgehead atoms. The van der Waals surface area contributed by atoms with Crippen LogP contribution < -0.4 is 16.4 Å². The van der Waals surface area contributed by atoms with Crippen LogP contribution in [0.1, 0.15) is 58.3 Å². The van der Waals surface area contributed by atoms with E-state index in [1.165, 1.54) is 18.7 Å². The molecule has 0 saturated carbocycles. The van der Waals surface area contributed by atoms with Crippen LogP contribution in [0, 0.1) is 22.5 Å².